The van der Waals surface area contributed by atoms with Crippen LogP contribution in [-0.4, -0.2) is 43.9 Å². The van der Waals surface area contributed by atoms with Gasteiger partial charge in [-0.25, -0.2) is 0 Å². The van der Waals surface area contributed by atoms with Gasteiger partial charge in [-0.1, -0.05) is 19.1 Å². The SMILES string of the molecule is CCN1CCOC(COc2cc(C)ccc2[C@H](C)N)C1. The van der Waals surface area contributed by atoms with Crippen molar-refractivity contribution in [1.29, 1.82) is 0 Å². The van der Waals surface area contributed by atoms with Gasteiger partial charge in [-0.15, -0.1) is 0 Å². The van der Waals surface area contributed by atoms with Crippen molar-refractivity contribution in [2.75, 3.05) is 32.8 Å². The van der Waals surface area contributed by atoms with Crippen molar-refractivity contribution < 1.29 is 9.47 Å². The highest BCUT2D eigenvalue weighted by Gasteiger charge is 2.20. The molecular weight excluding hydrogens is 252 g/mol. The second kappa shape index (κ2) is 7.07. The van der Waals surface area contributed by atoms with Crippen LogP contribution in [0.5, 0.6) is 5.75 Å². The van der Waals surface area contributed by atoms with Crippen molar-refractivity contribution in [2.24, 2.45) is 5.73 Å². The molecule has 112 valence electrons. The predicted molar refractivity (Wildman–Crippen MR) is 81.1 cm³/mol. The molecule has 0 saturated carbocycles. The fraction of sp³-hybridized carbons (Fsp3) is 0.625. The first-order chi connectivity index (χ1) is 9.60. The second-order valence-electron chi connectivity index (χ2n) is 5.53. The molecule has 1 aliphatic heterocycles. The Balaban J connectivity index is 1.98. The molecule has 0 aliphatic carbocycles. The third kappa shape index (κ3) is 3.95. The average Bonchev–Trinajstić information content (AvgIpc) is 2.45. The summed E-state index contributed by atoms with van der Waals surface area (Å²) in [4.78, 5) is 2.39. The van der Waals surface area contributed by atoms with Gasteiger partial charge in [-0.2, -0.15) is 0 Å². The lowest BCUT2D eigenvalue weighted by Crippen LogP contribution is -2.44. The van der Waals surface area contributed by atoms with Crippen molar-refractivity contribution >= 4 is 0 Å². The van der Waals surface area contributed by atoms with E-state index in [2.05, 4.69) is 36.9 Å². The summed E-state index contributed by atoms with van der Waals surface area (Å²) in [5.74, 6) is 0.886. The van der Waals surface area contributed by atoms with Crippen molar-refractivity contribution in [3.63, 3.8) is 0 Å². The summed E-state index contributed by atoms with van der Waals surface area (Å²) in [6.45, 7) is 10.6. The third-order valence-corrected chi connectivity index (χ3v) is 3.75. The number of aryl methyl sites for hydroxylation is 1. The first-order valence-corrected chi connectivity index (χ1v) is 7.43. The standard InChI is InChI=1S/C16H26N2O2/c1-4-18-7-8-19-14(10-18)11-20-16-9-12(2)5-6-15(16)13(3)17/h5-6,9,13-14H,4,7-8,10-11,17H2,1-3H3/t13-,14?/m0/s1. The van der Waals surface area contributed by atoms with Crippen LogP contribution in [0.1, 0.15) is 31.0 Å². The summed E-state index contributed by atoms with van der Waals surface area (Å²) >= 11 is 0. The van der Waals surface area contributed by atoms with Crippen LogP contribution in [0.2, 0.25) is 0 Å². The van der Waals surface area contributed by atoms with Crippen molar-refractivity contribution in [1.82, 2.24) is 4.90 Å². The normalized spacial score (nSPS) is 21.7. The van der Waals surface area contributed by atoms with Crippen LogP contribution in [0.25, 0.3) is 0 Å². The largest absolute Gasteiger partial charge is 0.490 e. The molecule has 0 amide bonds. The quantitative estimate of drug-likeness (QED) is 0.896. The number of nitrogens with zero attached hydrogens (tertiary/aromatic N) is 1. The monoisotopic (exact) mass is 278 g/mol. The van der Waals surface area contributed by atoms with E-state index >= 15 is 0 Å². The van der Waals surface area contributed by atoms with E-state index in [9.17, 15) is 0 Å². The Bertz CT molecular complexity index is 434. The summed E-state index contributed by atoms with van der Waals surface area (Å²) in [6, 6.07) is 6.15. The van der Waals surface area contributed by atoms with Gasteiger partial charge in [-0.05, 0) is 32.0 Å². The first-order valence-electron chi connectivity index (χ1n) is 7.43. The number of rotatable bonds is 5. The molecule has 2 atom stereocenters. The maximum atomic E-state index is 6.00. The average molecular weight is 278 g/mol. The number of ether oxygens (including phenoxy) is 2. The molecule has 4 heteroatoms. The van der Waals surface area contributed by atoms with E-state index < -0.39 is 0 Å². The van der Waals surface area contributed by atoms with Gasteiger partial charge in [0.05, 0.1) is 6.61 Å². The lowest BCUT2D eigenvalue weighted by atomic mass is 10.1. The van der Waals surface area contributed by atoms with E-state index in [1.54, 1.807) is 0 Å². The molecule has 0 radical (unpaired) electrons. The Hall–Kier alpha value is -1.10. The summed E-state index contributed by atoms with van der Waals surface area (Å²) in [6.07, 6.45) is 0.144. The molecule has 1 saturated heterocycles. The van der Waals surface area contributed by atoms with Crippen LogP contribution in [0.3, 0.4) is 0 Å². The molecule has 0 spiro atoms. The van der Waals surface area contributed by atoms with Gasteiger partial charge >= 0.3 is 0 Å². The molecule has 0 bridgehead atoms. The summed E-state index contributed by atoms with van der Waals surface area (Å²) in [5, 5.41) is 0. The van der Waals surface area contributed by atoms with Gasteiger partial charge in [0.2, 0.25) is 0 Å². The predicted octanol–water partition coefficient (Wildman–Crippen LogP) is 2.11. The van der Waals surface area contributed by atoms with Gasteiger partial charge in [0, 0.05) is 24.7 Å². The van der Waals surface area contributed by atoms with Gasteiger partial charge in [0.25, 0.3) is 0 Å². The molecule has 1 heterocycles. The number of hydrogen-bond donors (Lipinski definition) is 1. The lowest BCUT2D eigenvalue weighted by Gasteiger charge is -2.32. The van der Waals surface area contributed by atoms with E-state index in [-0.39, 0.29) is 12.1 Å². The number of benzene rings is 1. The maximum absolute atomic E-state index is 6.00. The van der Waals surface area contributed by atoms with Gasteiger partial charge in [0.1, 0.15) is 18.5 Å². The number of hydrogen-bond acceptors (Lipinski definition) is 4. The van der Waals surface area contributed by atoms with Gasteiger partial charge in [0.15, 0.2) is 0 Å². The van der Waals surface area contributed by atoms with Crippen LogP contribution in [0.15, 0.2) is 18.2 Å². The maximum Gasteiger partial charge on any atom is 0.124 e. The minimum absolute atomic E-state index is 0.0231. The highest BCUT2D eigenvalue weighted by Crippen LogP contribution is 2.25. The molecule has 1 fully saturated rings. The van der Waals surface area contributed by atoms with Crippen molar-refractivity contribution in [3.05, 3.63) is 29.3 Å². The number of morpholine rings is 1. The fourth-order valence-electron chi connectivity index (χ4n) is 2.49. The van der Waals surface area contributed by atoms with Crippen LogP contribution < -0.4 is 10.5 Å². The number of nitrogens with two attached hydrogens (primary N) is 1. The third-order valence-electron chi connectivity index (χ3n) is 3.75. The van der Waals surface area contributed by atoms with Crippen LogP contribution in [0, 0.1) is 6.92 Å². The summed E-state index contributed by atoms with van der Waals surface area (Å²) in [7, 11) is 0. The minimum atomic E-state index is -0.0231. The van der Waals surface area contributed by atoms with E-state index in [4.69, 9.17) is 15.2 Å². The molecule has 1 aromatic rings. The Labute approximate surface area is 121 Å². The molecule has 0 aromatic heterocycles. The van der Waals surface area contributed by atoms with E-state index in [1.807, 2.05) is 6.92 Å². The molecule has 4 nitrogen and oxygen atoms in total. The topological polar surface area (TPSA) is 47.7 Å². The van der Waals surface area contributed by atoms with Crippen LogP contribution >= 0.6 is 0 Å². The smallest absolute Gasteiger partial charge is 0.124 e. The highest BCUT2D eigenvalue weighted by molar-refractivity contribution is 5.38. The molecule has 20 heavy (non-hydrogen) atoms. The van der Waals surface area contributed by atoms with Crippen molar-refractivity contribution in [2.45, 2.75) is 32.9 Å². The molecule has 2 N–H and O–H groups in total. The second-order valence-corrected chi connectivity index (χ2v) is 5.53. The Morgan fingerprint density at radius 3 is 3.00 bits per heavy atom. The minimum Gasteiger partial charge on any atom is -0.490 e. The summed E-state index contributed by atoms with van der Waals surface area (Å²) in [5.41, 5.74) is 8.24. The number of likely N-dealkylation sites (N-methyl/N-ethyl adjacent to an activating group) is 1. The van der Waals surface area contributed by atoms with Crippen LogP contribution in [-0.2, 0) is 4.74 Å². The molecule has 1 aromatic carbocycles. The van der Waals surface area contributed by atoms with Crippen LogP contribution in [0.4, 0.5) is 0 Å². The highest BCUT2D eigenvalue weighted by atomic mass is 16.5. The van der Waals surface area contributed by atoms with Crippen molar-refractivity contribution in [3.8, 4) is 5.75 Å². The zero-order valence-corrected chi connectivity index (χ0v) is 12.8. The van der Waals surface area contributed by atoms with E-state index in [0.29, 0.717) is 6.61 Å². The lowest BCUT2D eigenvalue weighted by molar-refractivity contribution is -0.0465. The Kier molecular flexibility index (Phi) is 5.40. The summed E-state index contributed by atoms with van der Waals surface area (Å²) < 4.78 is 11.7. The zero-order chi connectivity index (χ0) is 14.5. The zero-order valence-electron chi connectivity index (χ0n) is 12.8. The molecule has 2 rings (SSSR count). The van der Waals surface area contributed by atoms with E-state index in [0.717, 1.165) is 37.6 Å². The van der Waals surface area contributed by atoms with Gasteiger partial charge in [-0.3, -0.25) is 4.90 Å². The molecule has 1 aliphatic rings. The Morgan fingerprint density at radius 2 is 2.30 bits per heavy atom. The van der Waals surface area contributed by atoms with Gasteiger partial charge < -0.3 is 15.2 Å². The molecular formula is C16H26N2O2. The Morgan fingerprint density at radius 1 is 1.50 bits per heavy atom. The fourth-order valence-corrected chi connectivity index (χ4v) is 2.49. The molecule has 1 unspecified atom stereocenters. The first kappa shape index (κ1) is 15.3. The van der Waals surface area contributed by atoms with E-state index in [1.165, 1.54) is 5.56 Å².